The summed E-state index contributed by atoms with van der Waals surface area (Å²) < 4.78 is 0. The Labute approximate surface area is 97.4 Å². The molecule has 0 bridgehead atoms. The van der Waals surface area contributed by atoms with Crippen LogP contribution in [0.2, 0.25) is 0 Å². The molecule has 1 unspecified atom stereocenters. The smallest absolute Gasteiger partial charge is 0.228 e. The molecule has 0 N–H and O–H groups in total. The van der Waals surface area contributed by atoms with Crippen molar-refractivity contribution in [2.75, 3.05) is 11.4 Å². The van der Waals surface area contributed by atoms with Gasteiger partial charge in [-0.3, -0.25) is 4.79 Å². The minimum atomic E-state index is 0.125. The summed E-state index contributed by atoms with van der Waals surface area (Å²) in [6, 6.07) is 7.51. The third-order valence-electron chi connectivity index (χ3n) is 2.43. The summed E-state index contributed by atoms with van der Waals surface area (Å²) >= 11 is 3.45. The van der Waals surface area contributed by atoms with E-state index in [2.05, 4.69) is 21.9 Å². The van der Waals surface area contributed by atoms with E-state index in [4.69, 9.17) is 6.42 Å². The molecule has 0 aliphatic carbocycles. The van der Waals surface area contributed by atoms with E-state index in [0.29, 0.717) is 13.0 Å². The molecule has 1 aliphatic rings. The predicted octanol–water partition coefficient (Wildman–Crippen LogP) is 2.17. The highest BCUT2D eigenvalue weighted by molar-refractivity contribution is 9.09. The molecule has 1 aromatic carbocycles. The minimum Gasteiger partial charge on any atom is -0.310 e. The summed E-state index contributed by atoms with van der Waals surface area (Å²) in [4.78, 5) is 13.7. The lowest BCUT2D eigenvalue weighted by atomic mass is 10.1. The molecule has 1 aliphatic heterocycles. The molecule has 15 heavy (non-hydrogen) atoms. The number of hydrogen-bond acceptors (Lipinski definition) is 1. The molecule has 1 aromatic rings. The van der Waals surface area contributed by atoms with Gasteiger partial charge < -0.3 is 4.90 Å². The molecule has 0 radical (unpaired) electrons. The second-order valence-corrected chi connectivity index (χ2v) is 4.76. The summed E-state index contributed by atoms with van der Waals surface area (Å²) in [7, 11) is 0. The van der Waals surface area contributed by atoms with E-state index in [0.717, 1.165) is 11.3 Å². The number of amides is 1. The van der Waals surface area contributed by atoms with Gasteiger partial charge in [0.05, 0.1) is 5.69 Å². The fourth-order valence-corrected chi connectivity index (χ4v) is 2.29. The lowest BCUT2D eigenvalue weighted by molar-refractivity contribution is -0.117. The maximum absolute atomic E-state index is 11.7. The number of rotatable bonds is 1. The Morgan fingerprint density at radius 1 is 1.47 bits per heavy atom. The summed E-state index contributed by atoms with van der Waals surface area (Å²) in [6.07, 6.45) is 5.94. The van der Waals surface area contributed by atoms with Gasteiger partial charge in [0, 0.05) is 23.4 Å². The molecule has 2 nitrogen and oxygen atoms in total. The highest BCUT2D eigenvalue weighted by atomic mass is 79.9. The normalized spacial score (nSPS) is 20.4. The van der Waals surface area contributed by atoms with Gasteiger partial charge in [0.2, 0.25) is 5.91 Å². The number of anilines is 1. The quantitative estimate of drug-likeness (QED) is 0.562. The van der Waals surface area contributed by atoms with Crippen molar-refractivity contribution in [2.45, 2.75) is 11.2 Å². The summed E-state index contributed by atoms with van der Waals surface area (Å²) in [5, 5.41) is 0. The number of nitrogens with zero attached hydrogens (tertiary/aromatic N) is 1. The van der Waals surface area contributed by atoms with Gasteiger partial charge in [-0.25, -0.2) is 0 Å². The lowest BCUT2D eigenvalue weighted by Gasteiger charge is -2.17. The van der Waals surface area contributed by atoms with Crippen LogP contribution in [0.1, 0.15) is 12.0 Å². The van der Waals surface area contributed by atoms with Crippen LogP contribution in [0.5, 0.6) is 0 Å². The zero-order valence-electron chi connectivity index (χ0n) is 8.11. The Hall–Kier alpha value is -1.27. The standard InChI is InChI=1S/C12H10BrNO/c1-2-9-5-3-4-6-11(9)14-8-10(13)7-12(14)15/h1,3-6,10H,7-8H2. The molecule has 1 saturated heterocycles. The largest absolute Gasteiger partial charge is 0.310 e. The van der Waals surface area contributed by atoms with Gasteiger partial charge in [0.1, 0.15) is 0 Å². The van der Waals surface area contributed by atoms with E-state index in [9.17, 15) is 4.79 Å². The number of carbonyl (C=O) groups is 1. The van der Waals surface area contributed by atoms with Crippen LogP contribution in [0.15, 0.2) is 24.3 Å². The molecule has 1 heterocycles. The average molecular weight is 264 g/mol. The van der Waals surface area contributed by atoms with Crippen LogP contribution in [0.4, 0.5) is 5.69 Å². The van der Waals surface area contributed by atoms with E-state index >= 15 is 0 Å². The first-order valence-corrected chi connectivity index (χ1v) is 5.64. The van der Waals surface area contributed by atoms with Crippen molar-refractivity contribution in [1.82, 2.24) is 0 Å². The van der Waals surface area contributed by atoms with Gasteiger partial charge in [0.15, 0.2) is 0 Å². The number of benzene rings is 1. The zero-order chi connectivity index (χ0) is 10.8. The molecule has 0 spiro atoms. The second-order valence-electron chi connectivity index (χ2n) is 3.47. The van der Waals surface area contributed by atoms with Crippen molar-refractivity contribution in [3.05, 3.63) is 29.8 Å². The Bertz CT molecular complexity index is 435. The van der Waals surface area contributed by atoms with E-state index in [1.165, 1.54) is 0 Å². The van der Waals surface area contributed by atoms with Crippen LogP contribution >= 0.6 is 15.9 Å². The molecular weight excluding hydrogens is 254 g/mol. The van der Waals surface area contributed by atoms with E-state index in [1.807, 2.05) is 24.3 Å². The molecule has 1 atom stereocenters. The molecule has 0 aromatic heterocycles. The molecular formula is C12H10BrNO. The third kappa shape index (κ3) is 1.91. The monoisotopic (exact) mass is 263 g/mol. The SMILES string of the molecule is C#Cc1ccccc1N1CC(Br)CC1=O. The highest BCUT2D eigenvalue weighted by Crippen LogP contribution is 2.27. The first-order chi connectivity index (χ1) is 7.22. The topological polar surface area (TPSA) is 20.3 Å². The summed E-state index contributed by atoms with van der Waals surface area (Å²) in [5.74, 6) is 2.72. The van der Waals surface area contributed by atoms with Crippen LogP contribution in [-0.4, -0.2) is 17.3 Å². The number of alkyl halides is 1. The van der Waals surface area contributed by atoms with E-state index in [-0.39, 0.29) is 10.7 Å². The summed E-state index contributed by atoms with van der Waals surface area (Å²) in [6.45, 7) is 0.692. The van der Waals surface area contributed by atoms with Crippen LogP contribution in [-0.2, 0) is 4.79 Å². The molecule has 0 saturated carbocycles. The van der Waals surface area contributed by atoms with Crippen molar-refractivity contribution >= 4 is 27.5 Å². The van der Waals surface area contributed by atoms with Gasteiger partial charge in [0.25, 0.3) is 0 Å². The van der Waals surface area contributed by atoms with Gasteiger partial charge in [-0.1, -0.05) is 34.0 Å². The van der Waals surface area contributed by atoms with E-state index < -0.39 is 0 Å². The maximum Gasteiger partial charge on any atom is 0.228 e. The Kier molecular flexibility index (Phi) is 2.79. The number of hydrogen-bond donors (Lipinski definition) is 0. The fraction of sp³-hybridized carbons (Fsp3) is 0.250. The number of carbonyl (C=O) groups excluding carboxylic acids is 1. The Morgan fingerprint density at radius 3 is 2.80 bits per heavy atom. The lowest BCUT2D eigenvalue weighted by Crippen LogP contribution is -2.25. The van der Waals surface area contributed by atoms with Crippen LogP contribution in [0.3, 0.4) is 0 Å². The molecule has 1 fully saturated rings. The van der Waals surface area contributed by atoms with Crippen molar-refractivity contribution in [3.8, 4) is 12.3 Å². The number of terminal acetylenes is 1. The maximum atomic E-state index is 11.7. The predicted molar refractivity (Wildman–Crippen MR) is 64.1 cm³/mol. The van der Waals surface area contributed by atoms with Crippen LogP contribution in [0, 0.1) is 12.3 Å². The second kappa shape index (κ2) is 4.08. The number of para-hydroxylation sites is 1. The zero-order valence-corrected chi connectivity index (χ0v) is 9.70. The molecule has 3 heteroatoms. The first kappa shape index (κ1) is 10.3. The Morgan fingerprint density at radius 2 is 2.20 bits per heavy atom. The van der Waals surface area contributed by atoms with Crippen LogP contribution < -0.4 is 4.90 Å². The summed E-state index contributed by atoms with van der Waals surface area (Å²) in [5.41, 5.74) is 1.61. The average Bonchev–Trinajstić information content (AvgIpc) is 2.57. The minimum absolute atomic E-state index is 0.125. The van der Waals surface area contributed by atoms with Crippen molar-refractivity contribution in [3.63, 3.8) is 0 Å². The Balaban J connectivity index is 2.38. The van der Waals surface area contributed by atoms with Gasteiger partial charge in [-0.2, -0.15) is 0 Å². The molecule has 1 amide bonds. The number of halogens is 1. The van der Waals surface area contributed by atoms with Crippen molar-refractivity contribution in [1.29, 1.82) is 0 Å². The van der Waals surface area contributed by atoms with Crippen molar-refractivity contribution < 1.29 is 4.79 Å². The third-order valence-corrected chi connectivity index (χ3v) is 3.04. The van der Waals surface area contributed by atoms with E-state index in [1.54, 1.807) is 4.90 Å². The molecule has 2 rings (SSSR count). The van der Waals surface area contributed by atoms with Crippen molar-refractivity contribution in [2.24, 2.45) is 0 Å². The fourth-order valence-electron chi connectivity index (χ4n) is 1.73. The van der Waals surface area contributed by atoms with Gasteiger partial charge in [-0.05, 0) is 12.1 Å². The van der Waals surface area contributed by atoms with Crippen LogP contribution in [0.25, 0.3) is 0 Å². The highest BCUT2D eigenvalue weighted by Gasteiger charge is 2.29. The first-order valence-electron chi connectivity index (χ1n) is 4.72. The van der Waals surface area contributed by atoms with Gasteiger partial charge >= 0.3 is 0 Å². The molecule has 76 valence electrons. The van der Waals surface area contributed by atoms with Gasteiger partial charge in [-0.15, -0.1) is 6.42 Å².